The van der Waals surface area contributed by atoms with Crippen molar-refractivity contribution in [3.63, 3.8) is 0 Å². The Bertz CT molecular complexity index is 518. The van der Waals surface area contributed by atoms with Crippen molar-refractivity contribution in [3.8, 4) is 11.5 Å². The van der Waals surface area contributed by atoms with Gasteiger partial charge in [-0.15, -0.1) is 0 Å². The highest BCUT2D eigenvalue weighted by Crippen LogP contribution is 2.36. The van der Waals surface area contributed by atoms with E-state index in [1.807, 2.05) is 18.2 Å². The molecule has 0 heterocycles. The second-order valence-electron chi connectivity index (χ2n) is 5.52. The molecule has 116 valence electrons. The van der Waals surface area contributed by atoms with Crippen molar-refractivity contribution in [3.05, 3.63) is 23.8 Å². The standard InChI is InChI=1S/C16H24N2O3/c1-4-11-5-6-13(14(9-11)20-3)21-12-7-8-16(10-12,18-2)15(17)19/h5-6,9,12,18H,4,7-8,10H2,1-3H3,(H2,17,19). The molecule has 1 fully saturated rings. The summed E-state index contributed by atoms with van der Waals surface area (Å²) in [6.07, 6.45) is 2.98. The van der Waals surface area contributed by atoms with Gasteiger partial charge in [0.25, 0.3) is 0 Å². The van der Waals surface area contributed by atoms with Crippen LogP contribution in [0, 0.1) is 0 Å². The minimum absolute atomic E-state index is 0.0358. The molecule has 2 atom stereocenters. The lowest BCUT2D eigenvalue weighted by Gasteiger charge is -2.25. The molecule has 2 rings (SSSR count). The van der Waals surface area contributed by atoms with Crippen LogP contribution in [0.5, 0.6) is 11.5 Å². The average Bonchev–Trinajstić information content (AvgIpc) is 2.92. The fourth-order valence-electron chi connectivity index (χ4n) is 2.88. The lowest BCUT2D eigenvalue weighted by atomic mass is 9.97. The zero-order valence-electron chi connectivity index (χ0n) is 12.9. The molecule has 5 heteroatoms. The first kappa shape index (κ1) is 15.6. The molecule has 1 aliphatic carbocycles. The fraction of sp³-hybridized carbons (Fsp3) is 0.562. The van der Waals surface area contributed by atoms with Gasteiger partial charge in [0, 0.05) is 6.42 Å². The lowest BCUT2D eigenvalue weighted by molar-refractivity contribution is -0.124. The number of carbonyl (C=O) groups excluding carboxylic acids is 1. The van der Waals surface area contributed by atoms with Crippen LogP contribution < -0.4 is 20.5 Å². The van der Waals surface area contributed by atoms with Gasteiger partial charge in [-0.05, 0) is 44.0 Å². The molecule has 5 nitrogen and oxygen atoms in total. The first-order valence-corrected chi connectivity index (χ1v) is 7.37. The van der Waals surface area contributed by atoms with Crippen LogP contribution in [0.25, 0.3) is 0 Å². The summed E-state index contributed by atoms with van der Waals surface area (Å²) < 4.78 is 11.4. The van der Waals surface area contributed by atoms with E-state index in [0.717, 1.165) is 24.3 Å². The number of ether oxygens (including phenoxy) is 2. The highest BCUT2D eigenvalue weighted by Gasteiger charge is 2.44. The molecule has 1 amide bonds. The molecule has 1 aliphatic rings. The molecule has 2 unspecified atom stereocenters. The van der Waals surface area contributed by atoms with Gasteiger partial charge in [-0.2, -0.15) is 0 Å². The van der Waals surface area contributed by atoms with Gasteiger partial charge in [0.05, 0.1) is 7.11 Å². The van der Waals surface area contributed by atoms with Crippen LogP contribution in [0.1, 0.15) is 31.7 Å². The molecule has 3 N–H and O–H groups in total. The van der Waals surface area contributed by atoms with Crippen LogP contribution in [0.3, 0.4) is 0 Å². The van der Waals surface area contributed by atoms with E-state index < -0.39 is 5.54 Å². The zero-order valence-corrected chi connectivity index (χ0v) is 12.9. The molecule has 1 saturated carbocycles. The molecule has 0 aromatic heterocycles. The smallest absolute Gasteiger partial charge is 0.237 e. The molecule has 0 bridgehead atoms. The monoisotopic (exact) mass is 292 g/mol. The second-order valence-corrected chi connectivity index (χ2v) is 5.52. The first-order valence-electron chi connectivity index (χ1n) is 7.37. The van der Waals surface area contributed by atoms with Gasteiger partial charge in [-0.25, -0.2) is 0 Å². The van der Waals surface area contributed by atoms with E-state index in [0.29, 0.717) is 12.8 Å². The van der Waals surface area contributed by atoms with Gasteiger partial charge >= 0.3 is 0 Å². The van der Waals surface area contributed by atoms with Gasteiger partial charge < -0.3 is 20.5 Å². The Labute approximate surface area is 125 Å². The van der Waals surface area contributed by atoms with Crippen LogP contribution >= 0.6 is 0 Å². The number of amides is 1. The van der Waals surface area contributed by atoms with Crippen molar-refractivity contribution in [2.24, 2.45) is 5.73 Å². The van der Waals surface area contributed by atoms with Gasteiger partial charge in [0.1, 0.15) is 11.6 Å². The van der Waals surface area contributed by atoms with E-state index in [2.05, 4.69) is 12.2 Å². The third-order valence-corrected chi connectivity index (χ3v) is 4.35. The maximum atomic E-state index is 11.6. The molecule has 0 aliphatic heterocycles. The minimum Gasteiger partial charge on any atom is -0.493 e. The number of likely N-dealkylation sites (N-methyl/N-ethyl adjacent to an activating group) is 1. The van der Waals surface area contributed by atoms with E-state index in [1.54, 1.807) is 14.2 Å². The van der Waals surface area contributed by atoms with Gasteiger partial charge in [-0.3, -0.25) is 4.79 Å². The maximum absolute atomic E-state index is 11.6. The molecule has 0 radical (unpaired) electrons. The lowest BCUT2D eigenvalue weighted by Crippen LogP contribution is -2.52. The van der Waals surface area contributed by atoms with Crippen molar-refractivity contribution < 1.29 is 14.3 Å². The maximum Gasteiger partial charge on any atom is 0.237 e. The summed E-state index contributed by atoms with van der Waals surface area (Å²) in [7, 11) is 3.40. The zero-order chi connectivity index (χ0) is 15.5. The van der Waals surface area contributed by atoms with Crippen molar-refractivity contribution in [2.45, 2.75) is 44.2 Å². The van der Waals surface area contributed by atoms with E-state index in [9.17, 15) is 4.79 Å². The quantitative estimate of drug-likeness (QED) is 0.836. The third-order valence-electron chi connectivity index (χ3n) is 4.35. The Balaban J connectivity index is 2.11. The van der Waals surface area contributed by atoms with E-state index in [4.69, 9.17) is 15.2 Å². The van der Waals surface area contributed by atoms with Crippen LogP contribution in [-0.4, -0.2) is 31.7 Å². The summed E-state index contributed by atoms with van der Waals surface area (Å²) in [4.78, 5) is 11.6. The Morgan fingerprint density at radius 3 is 2.76 bits per heavy atom. The molecular formula is C16H24N2O3. The van der Waals surface area contributed by atoms with E-state index in [-0.39, 0.29) is 12.0 Å². The van der Waals surface area contributed by atoms with E-state index >= 15 is 0 Å². The van der Waals surface area contributed by atoms with Gasteiger partial charge in [0.2, 0.25) is 5.91 Å². The Morgan fingerprint density at radius 1 is 1.48 bits per heavy atom. The van der Waals surface area contributed by atoms with Crippen molar-refractivity contribution in [1.29, 1.82) is 0 Å². The van der Waals surface area contributed by atoms with Crippen molar-refractivity contribution >= 4 is 5.91 Å². The second kappa shape index (κ2) is 6.35. The van der Waals surface area contributed by atoms with Gasteiger partial charge in [-0.1, -0.05) is 13.0 Å². The van der Waals surface area contributed by atoms with Gasteiger partial charge in [0.15, 0.2) is 11.5 Å². The number of aryl methyl sites for hydroxylation is 1. The molecule has 21 heavy (non-hydrogen) atoms. The SMILES string of the molecule is CCc1ccc(OC2CCC(NC)(C(N)=O)C2)c(OC)c1. The molecule has 0 saturated heterocycles. The van der Waals surface area contributed by atoms with Crippen LogP contribution in [0.4, 0.5) is 0 Å². The highest BCUT2D eigenvalue weighted by molar-refractivity contribution is 5.85. The summed E-state index contributed by atoms with van der Waals surface area (Å²) in [5.41, 5.74) is 6.06. The highest BCUT2D eigenvalue weighted by atomic mass is 16.5. The summed E-state index contributed by atoms with van der Waals surface area (Å²) in [6.45, 7) is 2.10. The number of rotatable bonds is 6. The Morgan fingerprint density at radius 2 is 2.24 bits per heavy atom. The normalized spacial score (nSPS) is 24.8. The summed E-state index contributed by atoms with van der Waals surface area (Å²) in [5.74, 6) is 1.14. The number of hydrogen-bond acceptors (Lipinski definition) is 4. The molecule has 1 aromatic carbocycles. The number of methoxy groups -OCH3 is 1. The van der Waals surface area contributed by atoms with Crippen LogP contribution in [0.15, 0.2) is 18.2 Å². The predicted molar refractivity (Wildman–Crippen MR) is 81.6 cm³/mol. The molecular weight excluding hydrogens is 268 g/mol. The first-order chi connectivity index (χ1) is 10.0. The number of hydrogen-bond donors (Lipinski definition) is 2. The number of nitrogens with one attached hydrogen (secondary N) is 1. The average molecular weight is 292 g/mol. The predicted octanol–water partition coefficient (Wildman–Crippen LogP) is 1.63. The number of nitrogens with two attached hydrogens (primary N) is 1. The summed E-state index contributed by atoms with van der Waals surface area (Å²) in [5, 5.41) is 3.05. The van der Waals surface area contributed by atoms with Crippen molar-refractivity contribution in [2.75, 3.05) is 14.2 Å². The summed E-state index contributed by atoms with van der Waals surface area (Å²) >= 11 is 0. The van der Waals surface area contributed by atoms with E-state index in [1.165, 1.54) is 5.56 Å². The number of primary amides is 1. The van der Waals surface area contributed by atoms with Crippen molar-refractivity contribution in [1.82, 2.24) is 5.32 Å². The molecule has 0 spiro atoms. The summed E-state index contributed by atoms with van der Waals surface area (Å²) in [6, 6.07) is 5.96. The Hall–Kier alpha value is -1.75. The number of benzene rings is 1. The van der Waals surface area contributed by atoms with Crippen LogP contribution in [0.2, 0.25) is 0 Å². The van der Waals surface area contributed by atoms with Crippen LogP contribution in [-0.2, 0) is 11.2 Å². The topological polar surface area (TPSA) is 73.6 Å². The number of carbonyl (C=O) groups is 1. The molecule has 1 aromatic rings. The largest absolute Gasteiger partial charge is 0.493 e. The Kier molecular flexibility index (Phi) is 4.73. The third kappa shape index (κ3) is 3.13. The minimum atomic E-state index is -0.652. The fourth-order valence-corrected chi connectivity index (χ4v) is 2.88.